The first kappa shape index (κ1) is 13.4. The number of carbonyl (C=O) groups is 1. The van der Waals surface area contributed by atoms with Gasteiger partial charge in [0.2, 0.25) is 0 Å². The van der Waals surface area contributed by atoms with E-state index in [1.54, 1.807) is 12.1 Å². The number of nitrogens with zero attached hydrogens (tertiary/aromatic N) is 2. The van der Waals surface area contributed by atoms with E-state index in [-0.39, 0.29) is 5.56 Å². The Hall–Kier alpha value is -2.62. The smallest absolute Gasteiger partial charge is 0.337 e. The van der Waals surface area contributed by atoms with Crippen LogP contribution in [0.4, 0.5) is 5.82 Å². The van der Waals surface area contributed by atoms with Crippen molar-refractivity contribution in [2.24, 2.45) is 0 Å². The van der Waals surface area contributed by atoms with Crippen molar-refractivity contribution in [1.82, 2.24) is 4.98 Å². The first-order chi connectivity index (χ1) is 10.2. The summed E-state index contributed by atoms with van der Waals surface area (Å²) in [5.41, 5.74) is 2.84. The van der Waals surface area contributed by atoms with Crippen LogP contribution in [0.3, 0.4) is 0 Å². The molecule has 0 unspecified atom stereocenters. The second-order valence-electron chi connectivity index (χ2n) is 5.00. The highest BCUT2D eigenvalue weighted by molar-refractivity contribution is 5.87. The van der Waals surface area contributed by atoms with Crippen LogP contribution in [0.2, 0.25) is 0 Å². The van der Waals surface area contributed by atoms with Crippen molar-refractivity contribution in [3.8, 4) is 0 Å². The molecule has 1 aliphatic rings. The molecule has 0 radical (unpaired) electrons. The van der Waals surface area contributed by atoms with Gasteiger partial charge in [-0.3, -0.25) is 0 Å². The van der Waals surface area contributed by atoms with Crippen LogP contribution < -0.4 is 4.90 Å². The Morgan fingerprint density at radius 3 is 2.52 bits per heavy atom. The number of aromatic carboxylic acids is 1. The molecule has 0 spiro atoms. The minimum Gasteiger partial charge on any atom is -0.478 e. The monoisotopic (exact) mass is 280 g/mol. The molecule has 1 N–H and O–H groups in total. The van der Waals surface area contributed by atoms with Crippen LogP contribution >= 0.6 is 0 Å². The minimum atomic E-state index is -0.945. The Labute approximate surface area is 123 Å². The van der Waals surface area contributed by atoms with Gasteiger partial charge in [-0.1, -0.05) is 36.4 Å². The van der Waals surface area contributed by atoms with Gasteiger partial charge in [-0.15, -0.1) is 0 Å². The highest BCUT2D eigenvalue weighted by Gasteiger charge is 2.14. The van der Waals surface area contributed by atoms with E-state index in [4.69, 9.17) is 5.11 Å². The molecule has 2 heterocycles. The second kappa shape index (κ2) is 5.79. The van der Waals surface area contributed by atoms with E-state index in [1.165, 1.54) is 17.3 Å². The van der Waals surface area contributed by atoms with Crippen molar-refractivity contribution < 1.29 is 9.90 Å². The molecule has 0 fully saturated rings. The Morgan fingerprint density at radius 1 is 1.14 bits per heavy atom. The third-order valence-corrected chi connectivity index (χ3v) is 3.67. The fraction of sp³-hybridized carbons (Fsp3) is 0.176. The second-order valence-corrected chi connectivity index (χ2v) is 5.00. The van der Waals surface area contributed by atoms with Crippen LogP contribution in [0.1, 0.15) is 22.3 Å². The van der Waals surface area contributed by atoms with Gasteiger partial charge in [0, 0.05) is 19.3 Å². The minimum absolute atomic E-state index is 0.219. The molecule has 0 bridgehead atoms. The Morgan fingerprint density at radius 2 is 1.95 bits per heavy atom. The fourth-order valence-corrected chi connectivity index (χ4v) is 2.49. The number of benzene rings is 1. The molecule has 4 heteroatoms. The van der Waals surface area contributed by atoms with Crippen molar-refractivity contribution in [3.05, 3.63) is 65.9 Å². The maximum Gasteiger partial charge on any atom is 0.337 e. The van der Waals surface area contributed by atoms with E-state index < -0.39 is 5.97 Å². The third kappa shape index (κ3) is 2.94. The lowest BCUT2D eigenvalue weighted by Crippen LogP contribution is -2.29. The van der Waals surface area contributed by atoms with Gasteiger partial charge in [0.1, 0.15) is 5.82 Å². The zero-order valence-corrected chi connectivity index (χ0v) is 11.6. The average molecular weight is 280 g/mol. The standard InChI is InChI=1S/C17H16N2O2/c20-17(21)15-6-7-16(18-12-15)19-10-8-14(9-11-19)13-4-2-1-3-5-13/h1-8,12H,9-11H2,(H,20,21). The van der Waals surface area contributed by atoms with E-state index in [1.807, 2.05) is 6.07 Å². The first-order valence-electron chi connectivity index (χ1n) is 6.93. The summed E-state index contributed by atoms with van der Waals surface area (Å²) in [7, 11) is 0. The molecule has 0 aliphatic carbocycles. The predicted octanol–water partition coefficient (Wildman–Crippen LogP) is 3.07. The van der Waals surface area contributed by atoms with Crippen molar-refractivity contribution >= 4 is 17.4 Å². The SMILES string of the molecule is O=C(O)c1ccc(N2CC=C(c3ccccc3)CC2)nc1. The fourth-order valence-electron chi connectivity index (χ4n) is 2.49. The van der Waals surface area contributed by atoms with Crippen LogP contribution in [0, 0.1) is 0 Å². The lowest BCUT2D eigenvalue weighted by molar-refractivity contribution is 0.0696. The van der Waals surface area contributed by atoms with Gasteiger partial charge in [-0.05, 0) is 29.7 Å². The van der Waals surface area contributed by atoms with E-state index in [0.29, 0.717) is 0 Å². The lowest BCUT2D eigenvalue weighted by Gasteiger charge is -2.27. The highest BCUT2D eigenvalue weighted by Crippen LogP contribution is 2.24. The summed E-state index contributed by atoms with van der Waals surface area (Å²) in [6, 6.07) is 13.7. The number of hydrogen-bond acceptors (Lipinski definition) is 3. The van der Waals surface area contributed by atoms with E-state index in [2.05, 4.69) is 40.2 Å². The van der Waals surface area contributed by atoms with Crippen LogP contribution in [0.15, 0.2) is 54.7 Å². The van der Waals surface area contributed by atoms with Gasteiger partial charge in [0.25, 0.3) is 0 Å². The third-order valence-electron chi connectivity index (χ3n) is 3.67. The van der Waals surface area contributed by atoms with Gasteiger partial charge < -0.3 is 10.0 Å². The molecule has 0 saturated carbocycles. The molecule has 0 atom stereocenters. The van der Waals surface area contributed by atoms with Gasteiger partial charge in [-0.2, -0.15) is 0 Å². The van der Waals surface area contributed by atoms with Crippen molar-refractivity contribution in [2.75, 3.05) is 18.0 Å². The van der Waals surface area contributed by atoms with Crippen LogP contribution in [-0.4, -0.2) is 29.1 Å². The molecule has 1 aromatic carbocycles. The largest absolute Gasteiger partial charge is 0.478 e. The number of rotatable bonds is 3. The topological polar surface area (TPSA) is 53.4 Å². The summed E-state index contributed by atoms with van der Waals surface area (Å²) in [6.45, 7) is 1.68. The Kier molecular flexibility index (Phi) is 3.69. The molecule has 21 heavy (non-hydrogen) atoms. The van der Waals surface area contributed by atoms with Crippen LogP contribution in [0.5, 0.6) is 0 Å². The predicted molar refractivity (Wildman–Crippen MR) is 82.4 cm³/mol. The number of aromatic nitrogens is 1. The lowest BCUT2D eigenvalue weighted by atomic mass is 9.99. The summed E-state index contributed by atoms with van der Waals surface area (Å²) in [5, 5.41) is 8.88. The Bertz CT molecular complexity index is 663. The molecule has 0 amide bonds. The van der Waals surface area contributed by atoms with Gasteiger partial charge in [0.05, 0.1) is 5.56 Å². The zero-order valence-electron chi connectivity index (χ0n) is 11.6. The maximum absolute atomic E-state index is 10.8. The van der Waals surface area contributed by atoms with Gasteiger partial charge in [-0.25, -0.2) is 9.78 Å². The number of carboxylic acid groups (broad SMARTS) is 1. The van der Waals surface area contributed by atoms with E-state index >= 15 is 0 Å². The number of carboxylic acids is 1. The number of pyridine rings is 1. The van der Waals surface area contributed by atoms with Crippen molar-refractivity contribution in [3.63, 3.8) is 0 Å². The zero-order chi connectivity index (χ0) is 14.7. The quantitative estimate of drug-likeness (QED) is 0.938. The highest BCUT2D eigenvalue weighted by atomic mass is 16.4. The molecule has 4 nitrogen and oxygen atoms in total. The molecule has 0 saturated heterocycles. The molecule has 1 aromatic heterocycles. The summed E-state index contributed by atoms with van der Waals surface area (Å²) in [4.78, 5) is 17.2. The number of anilines is 1. The van der Waals surface area contributed by atoms with Crippen molar-refractivity contribution in [2.45, 2.75) is 6.42 Å². The molecular weight excluding hydrogens is 264 g/mol. The van der Waals surface area contributed by atoms with Crippen LogP contribution in [-0.2, 0) is 0 Å². The summed E-state index contributed by atoms with van der Waals surface area (Å²) in [5.74, 6) is -0.123. The molecule has 106 valence electrons. The Balaban J connectivity index is 1.73. The summed E-state index contributed by atoms with van der Waals surface area (Å²) < 4.78 is 0. The normalized spacial score (nSPS) is 14.7. The molecule has 3 rings (SSSR count). The molecule has 1 aliphatic heterocycles. The van der Waals surface area contributed by atoms with Gasteiger partial charge >= 0.3 is 5.97 Å². The average Bonchev–Trinajstić information content (AvgIpc) is 2.56. The first-order valence-corrected chi connectivity index (χ1v) is 6.93. The van der Waals surface area contributed by atoms with Crippen LogP contribution in [0.25, 0.3) is 5.57 Å². The van der Waals surface area contributed by atoms with Crippen molar-refractivity contribution in [1.29, 1.82) is 0 Å². The van der Waals surface area contributed by atoms with E-state index in [9.17, 15) is 4.79 Å². The van der Waals surface area contributed by atoms with Gasteiger partial charge in [0.15, 0.2) is 0 Å². The van der Waals surface area contributed by atoms with E-state index in [0.717, 1.165) is 25.3 Å². The summed E-state index contributed by atoms with van der Waals surface area (Å²) >= 11 is 0. The molecule has 2 aromatic rings. The molecular formula is C17H16N2O2. The summed E-state index contributed by atoms with van der Waals surface area (Å²) in [6.07, 6.45) is 4.59. The maximum atomic E-state index is 10.8. The number of hydrogen-bond donors (Lipinski definition) is 1.